The number of thiophene rings is 1. The highest BCUT2D eigenvalue weighted by Crippen LogP contribution is 2.40. The molecule has 16 heavy (non-hydrogen) atoms. The van der Waals surface area contributed by atoms with Gasteiger partial charge in [0.25, 0.3) is 0 Å². The van der Waals surface area contributed by atoms with Crippen molar-refractivity contribution in [3.63, 3.8) is 0 Å². The molecule has 2 heterocycles. The lowest BCUT2D eigenvalue weighted by Gasteiger charge is -1.98. The summed E-state index contributed by atoms with van der Waals surface area (Å²) in [5.41, 5.74) is 1.01. The smallest absolute Gasteiger partial charge is 0.140 e. The Kier molecular flexibility index (Phi) is 2.76. The standard InChI is InChI=1S/C12H14N2OS/c1-2-11(16-5-1)8-13-7-10-6-12(15-14-10)9-3-4-9/h1-2,5-6,9,13H,3-4,7-8H2. The van der Waals surface area contributed by atoms with Gasteiger partial charge in [-0.15, -0.1) is 11.3 Å². The predicted octanol–water partition coefficient (Wildman–Crippen LogP) is 2.90. The van der Waals surface area contributed by atoms with Crippen LogP contribution < -0.4 is 5.32 Å². The molecule has 0 aliphatic heterocycles. The monoisotopic (exact) mass is 234 g/mol. The van der Waals surface area contributed by atoms with E-state index in [0.717, 1.165) is 24.5 Å². The summed E-state index contributed by atoms with van der Waals surface area (Å²) in [6.07, 6.45) is 2.52. The van der Waals surface area contributed by atoms with Gasteiger partial charge in [0.1, 0.15) is 5.76 Å². The Morgan fingerprint density at radius 2 is 2.38 bits per heavy atom. The topological polar surface area (TPSA) is 38.1 Å². The number of nitrogens with one attached hydrogen (secondary N) is 1. The van der Waals surface area contributed by atoms with E-state index < -0.39 is 0 Å². The highest BCUT2D eigenvalue weighted by Gasteiger charge is 2.27. The zero-order valence-corrected chi connectivity index (χ0v) is 9.80. The maximum atomic E-state index is 5.29. The van der Waals surface area contributed by atoms with Gasteiger partial charge in [0.2, 0.25) is 0 Å². The fourth-order valence-electron chi connectivity index (χ4n) is 1.70. The van der Waals surface area contributed by atoms with Gasteiger partial charge in [-0.1, -0.05) is 11.2 Å². The van der Waals surface area contributed by atoms with Crippen molar-refractivity contribution in [1.82, 2.24) is 10.5 Å². The van der Waals surface area contributed by atoms with Crippen molar-refractivity contribution in [2.45, 2.75) is 31.8 Å². The molecule has 0 atom stereocenters. The summed E-state index contributed by atoms with van der Waals surface area (Å²) in [6, 6.07) is 6.29. The van der Waals surface area contributed by atoms with Crippen LogP contribution in [0, 0.1) is 0 Å². The normalized spacial score (nSPS) is 15.5. The van der Waals surface area contributed by atoms with E-state index in [9.17, 15) is 0 Å². The first kappa shape index (κ1) is 10.1. The molecule has 1 aliphatic rings. The Labute approximate surface area is 98.5 Å². The summed E-state index contributed by atoms with van der Waals surface area (Å²) in [4.78, 5) is 1.35. The van der Waals surface area contributed by atoms with E-state index >= 15 is 0 Å². The van der Waals surface area contributed by atoms with Crippen molar-refractivity contribution < 1.29 is 4.52 Å². The van der Waals surface area contributed by atoms with E-state index in [2.05, 4.69) is 34.1 Å². The van der Waals surface area contributed by atoms with Gasteiger partial charge in [0.15, 0.2) is 0 Å². The summed E-state index contributed by atoms with van der Waals surface area (Å²) in [5.74, 6) is 1.71. The van der Waals surface area contributed by atoms with Gasteiger partial charge < -0.3 is 9.84 Å². The number of hydrogen-bond acceptors (Lipinski definition) is 4. The van der Waals surface area contributed by atoms with E-state index in [4.69, 9.17) is 4.52 Å². The number of aromatic nitrogens is 1. The second kappa shape index (κ2) is 4.39. The fourth-order valence-corrected chi connectivity index (χ4v) is 2.37. The van der Waals surface area contributed by atoms with E-state index in [1.165, 1.54) is 17.7 Å². The average molecular weight is 234 g/mol. The third kappa shape index (κ3) is 2.33. The largest absolute Gasteiger partial charge is 0.361 e. The van der Waals surface area contributed by atoms with Crippen molar-refractivity contribution in [3.05, 3.63) is 39.9 Å². The van der Waals surface area contributed by atoms with Crippen LogP contribution in [0.25, 0.3) is 0 Å². The molecule has 0 bridgehead atoms. The molecule has 2 aromatic heterocycles. The third-order valence-electron chi connectivity index (χ3n) is 2.74. The van der Waals surface area contributed by atoms with Crippen molar-refractivity contribution >= 4 is 11.3 Å². The summed E-state index contributed by atoms with van der Waals surface area (Å²) < 4.78 is 5.29. The van der Waals surface area contributed by atoms with Crippen LogP contribution in [0.15, 0.2) is 28.1 Å². The van der Waals surface area contributed by atoms with E-state index in [1.54, 1.807) is 11.3 Å². The highest BCUT2D eigenvalue weighted by atomic mass is 32.1. The predicted molar refractivity (Wildman–Crippen MR) is 63.3 cm³/mol. The van der Waals surface area contributed by atoms with Crippen molar-refractivity contribution in [2.75, 3.05) is 0 Å². The zero-order valence-electron chi connectivity index (χ0n) is 8.98. The van der Waals surface area contributed by atoms with Crippen LogP contribution in [0.3, 0.4) is 0 Å². The zero-order chi connectivity index (χ0) is 10.8. The lowest BCUT2D eigenvalue weighted by atomic mass is 10.3. The molecule has 3 rings (SSSR count). The van der Waals surface area contributed by atoms with Gasteiger partial charge in [0, 0.05) is 30.0 Å². The minimum atomic E-state index is 0.651. The molecular formula is C12H14N2OS. The first-order valence-electron chi connectivity index (χ1n) is 5.60. The molecule has 0 unspecified atom stereocenters. The Morgan fingerprint density at radius 1 is 1.44 bits per heavy atom. The Bertz CT molecular complexity index is 445. The van der Waals surface area contributed by atoms with E-state index in [1.807, 2.05) is 0 Å². The summed E-state index contributed by atoms with van der Waals surface area (Å²) in [5, 5.41) is 9.52. The van der Waals surface area contributed by atoms with Crippen LogP contribution in [-0.4, -0.2) is 5.16 Å². The first-order valence-corrected chi connectivity index (χ1v) is 6.48. The molecule has 1 N–H and O–H groups in total. The Balaban J connectivity index is 1.50. The molecule has 3 nitrogen and oxygen atoms in total. The van der Waals surface area contributed by atoms with Crippen molar-refractivity contribution in [1.29, 1.82) is 0 Å². The minimum absolute atomic E-state index is 0.651. The quantitative estimate of drug-likeness (QED) is 0.864. The summed E-state index contributed by atoms with van der Waals surface area (Å²) >= 11 is 1.77. The Hall–Kier alpha value is -1.13. The van der Waals surface area contributed by atoms with E-state index in [0.29, 0.717) is 5.92 Å². The molecule has 0 radical (unpaired) electrons. The summed E-state index contributed by atoms with van der Waals surface area (Å²) in [7, 11) is 0. The summed E-state index contributed by atoms with van der Waals surface area (Å²) in [6.45, 7) is 1.69. The second-order valence-corrected chi connectivity index (χ2v) is 5.21. The van der Waals surface area contributed by atoms with Gasteiger partial charge in [0.05, 0.1) is 5.69 Å². The van der Waals surface area contributed by atoms with Gasteiger partial charge in [-0.3, -0.25) is 0 Å². The second-order valence-electron chi connectivity index (χ2n) is 4.18. The fraction of sp³-hybridized carbons (Fsp3) is 0.417. The average Bonchev–Trinajstić information content (AvgIpc) is 2.83. The van der Waals surface area contributed by atoms with Crippen LogP contribution in [0.2, 0.25) is 0 Å². The maximum Gasteiger partial charge on any atom is 0.140 e. The SMILES string of the molecule is c1csc(CNCc2cc(C3CC3)on2)c1. The van der Waals surface area contributed by atoms with Crippen LogP contribution in [-0.2, 0) is 13.1 Å². The van der Waals surface area contributed by atoms with Gasteiger partial charge in [-0.05, 0) is 24.3 Å². The first-order chi connectivity index (χ1) is 7.92. The molecular weight excluding hydrogens is 220 g/mol. The maximum absolute atomic E-state index is 5.29. The van der Waals surface area contributed by atoms with Crippen LogP contribution in [0.4, 0.5) is 0 Å². The molecule has 84 valence electrons. The Morgan fingerprint density at radius 3 is 3.12 bits per heavy atom. The van der Waals surface area contributed by atoms with Gasteiger partial charge in [-0.2, -0.15) is 0 Å². The van der Waals surface area contributed by atoms with Crippen molar-refractivity contribution in [2.24, 2.45) is 0 Å². The number of nitrogens with zero attached hydrogens (tertiary/aromatic N) is 1. The van der Waals surface area contributed by atoms with Crippen LogP contribution in [0.5, 0.6) is 0 Å². The molecule has 0 amide bonds. The minimum Gasteiger partial charge on any atom is -0.361 e. The highest BCUT2D eigenvalue weighted by molar-refractivity contribution is 7.09. The molecule has 0 aromatic carbocycles. The van der Waals surface area contributed by atoms with Crippen LogP contribution >= 0.6 is 11.3 Å². The number of hydrogen-bond donors (Lipinski definition) is 1. The molecule has 1 saturated carbocycles. The molecule has 2 aromatic rings. The number of rotatable bonds is 5. The lowest BCUT2D eigenvalue weighted by Crippen LogP contribution is -2.11. The van der Waals surface area contributed by atoms with E-state index in [-0.39, 0.29) is 0 Å². The van der Waals surface area contributed by atoms with Crippen LogP contribution in [0.1, 0.15) is 35.1 Å². The lowest BCUT2D eigenvalue weighted by molar-refractivity contribution is 0.376. The van der Waals surface area contributed by atoms with Gasteiger partial charge >= 0.3 is 0 Å². The molecule has 1 fully saturated rings. The van der Waals surface area contributed by atoms with Gasteiger partial charge in [-0.25, -0.2) is 0 Å². The molecule has 1 aliphatic carbocycles. The molecule has 4 heteroatoms. The molecule has 0 saturated heterocycles. The van der Waals surface area contributed by atoms with Crippen molar-refractivity contribution in [3.8, 4) is 0 Å². The molecule has 0 spiro atoms. The third-order valence-corrected chi connectivity index (χ3v) is 3.62.